The van der Waals surface area contributed by atoms with Gasteiger partial charge in [-0.3, -0.25) is 9.59 Å². The highest BCUT2D eigenvalue weighted by molar-refractivity contribution is 5.95. The number of nitrogens with zero attached hydrogens (tertiary/aromatic N) is 1. The number of methoxy groups -OCH3 is 1. The van der Waals surface area contributed by atoms with Gasteiger partial charge in [-0.1, -0.05) is 45.0 Å². The maximum Gasteiger partial charge on any atom is 0.226 e. The number of benzene rings is 2. The summed E-state index contributed by atoms with van der Waals surface area (Å²) in [6.45, 7) is 8.26. The Kier molecular flexibility index (Phi) is 6.61. The van der Waals surface area contributed by atoms with Crippen LogP contribution in [0.1, 0.15) is 39.7 Å². The smallest absolute Gasteiger partial charge is 0.226 e. The van der Waals surface area contributed by atoms with E-state index in [1.807, 2.05) is 36.4 Å². The first kappa shape index (κ1) is 20.5. The van der Waals surface area contributed by atoms with E-state index in [9.17, 15) is 9.59 Å². The predicted octanol–water partition coefficient (Wildman–Crippen LogP) is 4.37. The van der Waals surface area contributed by atoms with Crippen molar-refractivity contribution < 1.29 is 14.3 Å². The van der Waals surface area contributed by atoms with E-state index in [-0.39, 0.29) is 23.7 Å². The lowest BCUT2D eigenvalue weighted by Gasteiger charge is -2.24. The van der Waals surface area contributed by atoms with Crippen molar-refractivity contribution >= 4 is 23.2 Å². The van der Waals surface area contributed by atoms with E-state index < -0.39 is 0 Å². The van der Waals surface area contributed by atoms with E-state index >= 15 is 0 Å². The highest BCUT2D eigenvalue weighted by Gasteiger charge is 2.17. The predicted molar refractivity (Wildman–Crippen MR) is 109 cm³/mol. The minimum atomic E-state index is -0.169. The molecule has 2 aromatic rings. The van der Waals surface area contributed by atoms with Gasteiger partial charge in [0.2, 0.25) is 11.8 Å². The SMILES string of the molecule is COc1ccccc1NC(=O)CCN(C(C)=O)c1ccc(C(C)(C)C)cc1. The molecule has 2 amide bonds. The third-order valence-corrected chi connectivity index (χ3v) is 4.37. The van der Waals surface area contributed by atoms with Crippen LogP contribution in [0.2, 0.25) is 0 Å². The second kappa shape index (κ2) is 8.71. The highest BCUT2D eigenvalue weighted by atomic mass is 16.5. The van der Waals surface area contributed by atoms with Crippen LogP contribution in [0.4, 0.5) is 11.4 Å². The Hall–Kier alpha value is -2.82. The lowest BCUT2D eigenvalue weighted by atomic mass is 9.87. The first-order valence-corrected chi connectivity index (χ1v) is 9.04. The van der Waals surface area contributed by atoms with Gasteiger partial charge in [0.15, 0.2) is 0 Å². The number of hydrogen-bond donors (Lipinski definition) is 1. The second-order valence-corrected chi connectivity index (χ2v) is 7.47. The third kappa shape index (κ3) is 5.58. The number of nitrogens with one attached hydrogen (secondary N) is 1. The Balaban J connectivity index is 2.04. The zero-order valence-corrected chi connectivity index (χ0v) is 16.7. The molecule has 0 unspecified atom stereocenters. The van der Waals surface area contributed by atoms with Crippen LogP contribution in [0.25, 0.3) is 0 Å². The van der Waals surface area contributed by atoms with Gasteiger partial charge in [-0.25, -0.2) is 0 Å². The van der Waals surface area contributed by atoms with Gasteiger partial charge in [0.25, 0.3) is 0 Å². The summed E-state index contributed by atoms with van der Waals surface area (Å²) >= 11 is 0. The maximum atomic E-state index is 12.3. The molecule has 0 heterocycles. The molecule has 0 fully saturated rings. The van der Waals surface area contributed by atoms with E-state index in [1.54, 1.807) is 24.1 Å². The molecule has 0 saturated carbocycles. The van der Waals surface area contributed by atoms with Gasteiger partial charge in [0.05, 0.1) is 12.8 Å². The van der Waals surface area contributed by atoms with Crippen molar-refractivity contribution in [1.29, 1.82) is 0 Å². The summed E-state index contributed by atoms with van der Waals surface area (Å²) in [7, 11) is 1.56. The van der Waals surface area contributed by atoms with Crippen LogP contribution in [-0.4, -0.2) is 25.5 Å². The molecule has 144 valence electrons. The zero-order chi connectivity index (χ0) is 20.0. The molecule has 0 saturated heterocycles. The van der Waals surface area contributed by atoms with Crippen molar-refractivity contribution in [2.75, 3.05) is 23.9 Å². The van der Waals surface area contributed by atoms with Gasteiger partial charge in [0, 0.05) is 25.6 Å². The Labute approximate surface area is 161 Å². The topological polar surface area (TPSA) is 58.6 Å². The van der Waals surface area contributed by atoms with Gasteiger partial charge in [-0.15, -0.1) is 0 Å². The van der Waals surface area contributed by atoms with Crippen LogP contribution in [0.5, 0.6) is 5.75 Å². The summed E-state index contributed by atoms with van der Waals surface area (Å²) in [5, 5.41) is 2.83. The van der Waals surface area contributed by atoms with Crippen molar-refractivity contribution in [3.8, 4) is 5.75 Å². The summed E-state index contributed by atoms with van der Waals surface area (Å²) < 4.78 is 5.24. The Morgan fingerprint density at radius 3 is 2.22 bits per heavy atom. The summed E-state index contributed by atoms with van der Waals surface area (Å²) in [6.07, 6.45) is 0.193. The van der Waals surface area contributed by atoms with Crippen LogP contribution in [-0.2, 0) is 15.0 Å². The molecule has 27 heavy (non-hydrogen) atoms. The van der Waals surface area contributed by atoms with Gasteiger partial charge in [0.1, 0.15) is 5.75 Å². The molecule has 1 N–H and O–H groups in total. The largest absolute Gasteiger partial charge is 0.495 e. The molecular formula is C22H28N2O3. The molecule has 0 aliphatic rings. The van der Waals surface area contributed by atoms with Crippen LogP contribution >= 0.6 is 0 Å². The minimum Gasteiger partial charge on any atom is -0.495 e. The quantitative estimate of drug-likeness (QED) is 0.823. The lowest BCUT2D eigenvalue weighted by molar-refractivity contribution is -0.117. The lowest BCUT2D eigenvalue weighted by Crippen LogP contribution is -2.32. The van der Waals surface area contributed by atoms with Crippen LogP contribution < -0.4 is 15.0 Å². The Morgan fingerprint density at radius 1 is 1.04 bits per heavy atom. The number of para-hydroxylation sites is 2. The molecule has 0 radical (unpaired) electrons. The van der Waals surface area contributed by atoms with Crippen molar-refractivity contribution in [3.05, 3.63) is 54.1 Å². The summed E-state index contributed by atoms with van der Waals surface area (Å²) in [4.78, 5) is 26.0. The molecule has 5 heteroatoms. The van der Waals surface area contributed by atoms with E-state index in [2.05, 4.69) is 26.1 Å². The monoisotopic (exact) mass is 368 g/mol. The van der Waals surface area contributed by atoms with E-state index in [1.165, 1.54) is 12.5 Å². The van der Waals surface area contributed by atoms with Crippen LogP contribution in [0.15, 0.2) is 48.5 Å². The van der Waals surface area contributed by atoms with Crippen molar-refractivity contribution in [2.24, 2.45) is 0 Å². The Bertz CT molecular complexity index is 792. The summed E-state index contributed by atoms with van der Waals surface area (Å²) in [6, 6.07) is 15.2. The molecule has 0 aliphatic heterocycles. The molecule has 0 aliphatic carbocycles. The van der Waals surface area contributed by atoms with E-state index in [4.69, 9.17) is 4.74 Å². The molecule has 0 aromatic heterocycles. The molecular weight excluding hydrogens is 340 g/mol. The molecule has 2 aromatic carbocycles. The number of hydrogen-bond acceptors (Lipinski definition) is 3. The Morgan fingerprint density at radius 2 is 1.67 bits per heavy atom. The second-order valence-electron chi connectivity index (χ2n) is 7.47. The van der Waals surface area contributed by atoms with E-state index in [0.29, 0.717) is 18.0 Å². The molecule has 0 atom stereocenters. The van der Waals surface area contributed by atoms with Gasteiger partial charge in [-0.2, -0.15) is 0 Å². The first-order chi connectivity index (χ1) is 12.7. The first-order valence-electron chi connectivity index (χ1n) is 9.04. The van der Waals surface area contributed by atoms with Gasteiger partial charge < -0.3 is 15.0 Å². The van der Waals surface area contributed by atoms with Crippen molar-refractivity contribution in [1.82, 2.24) is 0 Å². The van der Waals surface area contributed by atoms with Crippen molar-refractivity contribution in [2.45, 2.75) is 39.5 Å². The van der Waals surface area contributed by atoms with Gasteiger partial charge in [-0.05, 0) is 35.2 Å². The average Bonchev–Trinajstić information content (AvgIpc) is 2.61. The standard InChI is InChI=1S/C22H28N2O3/c1-16(25)24(18-12-10-17(11-13-18)22(2,3)4)15-14-21(26)23-19-8-6-7-9-20(19)27-5/h6-13H,14-15H2,1-5H3,(H,23,26). The highest BCUT2D eigenvalue weighted by Crippen LogP contribution is 2.26. The summed E-state index contributed by atoms with van der Waals surface area (Å²) in [5.41, 5.74) is 2.66. The molecule has 5 nitrogen and oxygen atoms in total. The number of anilines is 2. The normalized spacial score (nSPS) is 11.0. The van der Waals surface area contributed by atoms with Gasteiger partial charge >= 0.3 is 0 Å². The molecule has 2 rings (SSSR count). The fraction of sp³-hybridized carbons (Fsp3) is 0.364. The van der Waals surface area contributed by atoms with Crippen LogP contribution in [0, 0.1) is 0 Å². The van der Waals surface area contributed by atoms with E-state index in [0.717, 1.165) is 5.69 Å². The molecule has 0 bridgehead atoms. The maximum absolute atomic E-state index is 12.3. The summed E-state index contributed by atoms with van der Waals surface area (Å²) in [5.74, 6) is 0.340. The van der Waals surface area contributed by atoms with Crippen molar-refractivity contribution in [3.63, 3.8) is 0 Å². The zero-order valence-electron chi connectivity index (χ0n) is 16.7. The van der Waals surface area contributed by atoms with Crippen LogP contribution in [0.3, 0.4) is 0 Å². The average molecular weight is 368 g/mol. The number of carbonyl (C=O) groups excluding carboxylic acids is 2. The number of carbonyl (C=O) groups is 2. The molecule has 0 spiro atoms. The number of ether oxygens (including phenoxy) is 1. The number of rotatable bonds is 6. The minimum absolute atomic E-state index is 0.0498. The fourth-order valence-electron chi connectivity index (χ4n) is 2.78. The third-order valence-electron chi connectivity index (χ3n) is 4.37. The number of amides is 2. The fourth-order valence-corrected chi connectivity index (χ4v) is 2.78.